The van der Waals surface area contributed by atoms with E-state index in [1.165, 1.54) is 0 Å². The van der Waals surface area contributed by atoms with Crippen molar-refractivity contribution in [2.24, 2.45) is 0 Å². The fourth-order valence-corrected chi connectivity index (χ4v) is 4.67. The molecule has 0 unspecified atom stereocenters. The lowest BCUT2D eigenvalue weighted by Gasteiger charge is -2.20. The van der Waals surface area contributed by atoms with E-state index in [0.717, 1.165) is 15.6 Å². The molecule has 2 aromatic heterocycles. The number of fused-ring (bicyclic) bond motifs is 3. The van der Waals surface area contributed by atoms with Crippen molar-refractivity contribution in [3.05, 3.63) is 94.5 Å². The molecule has 4 heteroatoms. The van der Waals surface area contributed by atoms with Crippen molar-refractivity contribution in [3.8, 4) is 17.3 Å². The minimum atomic E-state index is -0.274. The fourth-order valence-electron chi connectivity index (χ4n) is 4.20. The maximum Gasteiger partial charge on any atom is 0.137 e. The number of aromatic nitrogens is 2. The molecular weight excluding hydrogens is 496 g/mol. The third-order valence-electron chi connectivity index (χ3n) is 6.18. The van der Waals surface area contributed by atoms with E-state index < -0.39 is 0 Å². The van der Waals surface area contributed by atoms with E-state index in [2.05, 4.69) is 68.5 Å². The zero-order chi connectivity index (χ0) is 28.4. The summed E-state index contributed by atoms with van der Waals surface area (Å²) in [4.78, 5) is 4.65. The van der Waals surface area contributed by atoms with E-state index in [1.807, 2.05) is 47.0 Å². The lowest BCUT2D eigenvalue weighted by molar-refractivity contribution is 0.478. The number of pyridine rings is 1. The Kier molecular flexibility index (Phi) is 4.66. The summed E-state index contributed by atoms with van der Waals surface area (Å²) in [5, 5.41) is 1.17. The van der Waals surface area contributed by atoms with Gasteiger partial charge in [0.05, 0.1) is 16.5 Å². The van der Waals surface area contributed by atoms with Crippen LogP contribution in [0.5, 0.6) is 11.5 Å². The molecule has 0 N–H and O–H groups in total. The Morgan fingerprint density at radius 2 is 1.51 bits per heavy atom. The molecule has 3 nitrogen and oxygen atoms in total. The van der Waals surface area contributed by atoms with E-state index in [1.54, 1.807) is 6.20 Å². The summed E-state index contributed by atoms with van der Waals surface area (Å²) >= 11 is 3.61. The highest BCUT2D eigenvalue weighted by molar-refractivity contribution is 9.10. The zero-order valence-electron chi connectivity index (χ0n) is 24.9. The SMILES string of the molecule is [2H]c1c([2H])c([2H])c2c(c1[2H])c1ccc(Oc3cc(Br)cc(C(C)(C)C)c3)cc1n2-c1cc(C(C)(C)C)ccn1. The molecular formula is C31H31BrN2O. The predicted octanol–water partition coefficient (Wildman–Crippen LogP) is 9.33. The topological polar surface area (TPSA) is 27.1 Å². The second-order valence-corrected chi connectivity index (χ2v) is 11.8. The predicted molar refractivity (Wildman–Crippen MR) is 150 cm³/mol. The van der Waals surface area contributed by atoms with Gasteiger partial charge < -0.3 is 4.74 Å². The number of hydrogen-bond acceptors (Lipinski definition) is 2. The first kappa shape index (κ1) is 19.1. The molecule has 0 atom stereocenters. The normalized spacial score (nSPS) is 14.0. The minimum absolute atomic E-state index is 0.0566. The third kappa shape index (κ3) is 4.60. The van der Waals surface area contributed by atoms with Crippen molar-refractivity contribution >= 4 is 37.7 Å². The number of benzene rings is 3. The van der Waals surface area contributed by atoms with Gasteiger partial charge >= 0.3 is 0 Å². The Morgan fingerprint density at radius 1 is 0.771 bits per heavy atom. The van der Waals surface area contributed by atoms with Gasteiger partial charge in [-0.2, -0.15) is 0 Å². The lowest BCUT2D eigenvalue weighted by atomic mass is 9.87. The third-order valence-corrected chi connectivity index (χ3v) is 6.64. The van der Waals surface area contributed by atoms with E-state index in [9.17, 15) is 0 Å². The molecule has 0 bridgehead atoms. The second-order valence-electron chi connectivity index (χ2n) is 10.9. The first-order valence-corrected chi connectivity index (χ1v) is 12.5. The second kappa shape index (κ2) is 8.53. The Balaban J connectivity index is 1.79. The summed E-state index contributed by atoms with van der Waals surface area (Å²) in [5.41, 5.74) is 3.10. The first-order chi connectivity index (χ1) is 18.2. The summed E-state index contributed by atoms with van der Waals surface area (Å²) in [6.45, 7) is 12.8. The molecule has 2 heterocycles. The van der Waals surface area contributed by atoms with Crippen LogP contribution in [-0.2, 0) is 10.8 Å². The quantitative estimate of drug-likeness (QED) is 0.232. The van der Waals surface area contributed by atoms with Crippen LogP contribution in [0.2, 0.25) is 0 Å². The molecule has 0 aliphatic rings. The Labute approximate surface area is 221 Å². The molecule has 5 rings (SSSR count). The van der Waals surface area contributed by atoms with Crippen molar-refractivity contribution in [1.82, 2.24) is 9.55 Å². The van der Waals surface area contributed by atoms with Gasteiger partial charge in [-0.3, -0.25) is 4.57 Å². The average molecular weight is 532 g/mol. The smallest absolute Gasteiger partial charge is 0.137 e. The summed E-state index contributed by atoms with van der Waals surface area (Å²) in [6, 6.07) is 14.9. The number of halogens is 1. The number of para-hydroxylation sites is 1. The van der Waals surface area contributed by atoms with Gasteiger partial charge in [-0.15, -0.1) is 0 Å². The number of ether oxygens (including phenoxy) is 1. The largest absolute Gasteiger partial charge is 0.457 e. The number of rotatable bonds is 3. The van der Waals surface area contributed by atoms with Crippen LogP contribution in [0.25, 0.3) is 27.6 Å². The van der Waals surface area contributed by atoms with Gasteiger partial charge in [-0.1, -0.05) is 75.6 Å². The summed E-state index contributed by atoms with van der Waals surface area (Å²) in [6.07, 6.45) is 1.75. The average Bonchev–Trinajstić information content (AvgIpc) is 3.19. The molecule has 0 saturated carbocycles. The zero-order valence-corrected chi connectivity index (χ0v) is 22.5. The standard InChI is InChI=1S/C31H31BrN2O/c1-30(2,3)20-13-14-33-29(17-20)34-27-10-8-7-9-25(27)26-12-11-23(19-28(26)34)35-24-16-21(31(4,5)6)15-22(32)18-24/h7-19H,1-6H3/i7D,8D,9D,10D. The van der Waals surface area contributed by atoms with Crippen molar-refractivity contribution < 1.29 is 10.2 Å². The fraction of sp³-hybridized carbons (Fsp3) is 0.258. The van der Waals surface area contributed by atoms with Gasteiger partial charge in [0.25, 0.3) is 0 Å². The maximum atomic E-state index is 8.79. The van der Waals surface area contributed by atoms with Crippen LogP contribution in [0, 0.1) is 0 Å². The Bertz CT molecular complexity index is 1760. The monoisotopic (exact) mass is 530 g/mol. The maximum absolute atomic E-state index is 8.79. The highest BCUT2D eigenvalue weighted by Crippen LogP contribution is 2.37. The molecule has 0 radical (unpaired) electrons. The molecule has 0 aliphatic carbocycles. The minimum Gasteiger partial charge on any atom is -0.457 e. The van der Waals surface area contributed by atoms with Gasteiger partial charge in [0, 0.05) is 27.5 Å². The van der Waals surface area contributed by atoms with Gasteiger partial charge in [-0.05, 0) is 70.5 Å². The Hall–Kier alpha value is -3.11. The van der Waals surface area contributed by atoms with E-state index in [4.69, 9.17) is 10.2 Å². The van der Waals surface area contributed by atoms with Crippen LogP contribution in [0.4, 0.5) is 0 Å². The van der Waals surface area contributed by atoms with Crippen molar-refractivity contribution in [3.63, 3.8) is 0 Å². The molecule has 5 aromatic rings. The Morgan fingerprint density at radius 3 is 2.26 bits per heavy atom. The van der Waals surface area contributed by atoms with Gasteiger partial charge in [-0.25, -0.2) is 4.98 Å². The number of nitrogens with zero attached hydrogens (tertiary/aromatic N) is 2. The van der Waals surface area contributed by atoms with Crippen molar-refractivity contribution in [2.45, 2.75) is 52.4 Å². The van der Waals surface area contributed by atoms with E-state index in [-0.39, 0.29) is 35.0 Å². The molecule has 0 amide bonds. The lowest BCUT2D eigenvalue weighted by Crippen LogP contribution is -2.12. The molecule has 3 aromatic carbocycles. The highest BCUT2D eigenvalue weighted by Gasteiger charge is 2.19. The van der Waals surface area contributed by atoms with Crippen LogP contribution in [0.1, 0.15) is 58.2 Å². The van der Waals surface area contributed by atoms with Crippen LogP contribution in [-0.4, -0.2) is 9.55 Å². The molecule has 0 aliphatic heterocycles. The van der Waals surface area contributed by atoms with E-state index in [0.29, 0.717) is 39.1 Å². The van der Waals surface area contributed by atoms with Crippen LogP contribution in [0.3, 0.4) is 0 Å². The highest BCUT2D eigenvalue weighted by atomic mass is 79.9. The molecule has 35 heavy (non-hydrogen) atoms. The summed E-state index contributed by atoms with van der Waals surface area (Å²) < 4.78 is 43.3. The van der Waals surface area contributed by atoms with Gasteiger partial charge in [0.2, 0.25) is 0 Å². The molecule has 0 spiro atoms. The van der Waals surface area contributed by atoms with Gasteiger partial charge in [0.1, 0.15) is 17.3 Å². The van der Waals surface area contributed by atoms with Crippen LogP contribution >= 0.6 is 15.9 Å². The molecule has 178 valence electrons. The summed E-state index contributed by atoms with van der Waals surface area (Å²) in [7, 11) is 0. The molecule has 0 fully saturated rings. The van der Waals surface area contributed by atoms with Crippen LogP contribution in [0.15, 0.2) is 83.4 Å². The van der Waals surface area contributed by atoms with Gasteiger partial charge in [0.15, 0.2) is 0 Å². The van der Waals surface area contributed by atoms with Crippen molar-refractivity contribution in [2.75, 3.05) is 0 Å². The number of hydrogen-bond donors (Lipinski definition) is 0. The molecule has 0 saturated heterocycles. The summed E-state index contributed by atoms with van der Waals surface area (Å²) in [5.74, 6) is 1.86. The first-order valence-electron chi connectivity index (χ1n) is 13.7. The van der Waals surface area contributed by atoms with E-state index >= 15 is 0 Å². The van der Waals surface area contributed by atoms with Crippen LogP contribution < -0.4 is 4.74 Å². The van der Waals surface area contributed by atoms with Crippen molar-refractivity contribution in [1.29, 1.82) is 0 Å².